The van der Waals surface area contributed by atoms with E-state index in [0.717, 1.165) is 46.7 Å². The Kier molecular flexibility index (Phi) is 9.02. The Balaban J connectivity index is 1.04. The highest BCUT2D eigenvalue weighted by molar-refractivity contribution is 6.13. The van der Waals surface area contributed by atoms with E-state index in [1.54, 1.807) is 6.08 Å². The highest BCUT2D eigenvalue weighted by Crippen LogP contribution is 2.55. The number of nitrogens with one attached hydrogen (secondary N) is 2. The number of aliphatic imine (C=N–C) groups is 2. The Labute approximate surface area is 346 Å². The first-order valence-corrected chi connectivity index (χ1v) is 21.3. The Bertz CT molecular complexity index is 2640. The van der Waals surface area contributed by atoms with Crippen molar-refractivity contribution in [2.24, 2.45) is 39.1 Å². The minimum Gasteiger partial charge on any atom is -0.350 e. The SMILES string of the molecule is CC1C=CC(C2=NC(c3ccc(C4=CC5(C)N=C(C6=CC(F)C(C)(F)C=C6)C6C(=c7ccccc7=C7C=CC=CC76C)C5C=C4)cc3)NC(C3=CCC(C)C=C3)N2)=CC1. The van der Waals surface area contributed by atoms with Gasteiger partial charge in [0.1, 0.15) is 18.2 Å². The minimum absolute atomic E-state index is 0.0419. The van der Waals surface area contributed by atoms with Crippen LogP contribution in [0.3, 0.4) is 0 Å². The van der Waals surface area contributed by atoms with E-state index in [-0.39, 0.29) is 24.2 Å². The monoisotopic (exact) mass is 782 g/mol. The lowest BCUT2D eigenvalue weighted by Gasteiger charge is -2.51. The largest absolute Gasteiger partial charge is 0.350 e. The van der Waals surface area contributed by atoms with E-state index in [1.165, 1.54) is 46.2 Å². The molecule has 8 aliphatic rings. The number of hydrogen-bond donors (Lipinski definition) is 2. The molecule has 6 aliphatic carbocycles. The predicted molar refractivity (Wildman–Crippen MR) is 239 cm³/mol. The van der Waals surface area contributed by atoms with Gasteiger partial charge in [0, 0.05) is 22.8 Å². The summed E-state index contributed by atoms with van der Waals surface area (Å²) in [6.45, 7) is 10.3. The summed E-state index contributed by atoms with van der Waals surface area (Å²) in [7, 11) is 0. The summed E-state index contributed by atoms with van der Waals surface area (Å²) in [5, 5.41) is 9.90. The van der Waals surface area contributed by atoms with Gasteiger partial charge in [-0.3, -0.25) is 10.3 Å². The molecule has 2 N–H and O–H groups in total. The van der Waals surface area contributed by atoms with Crippen LogP contribution in [-0.2, 0) is 0 Å². The zero-order valence-corrected chi connectivity index (χ0v) is 34.5. The van der Waals surface area contributed by atoms with Gasteiger partial charge in [0.15, 0.2) is 11.8 Å². The average molecular weight is 783 g/mol. The van der Waals surface area contributed by atoms with E-state index in [1.807, 2.05) is 0 Å². The molecule has 2 aromatic rings. The average Bonchev–Trinajstić information content (AvgIpc) is 3.24. The summed E-state index contributed by atoms with van der Waals surface area (Å²) in [5.74, 6) is 1.76. The topological polar surface area (TPSA) is 48.8 Å². The van der Waals surface area contributed by atoms with Crippen molar-refractivity contribution in [1.29, 1.82) is 0 Å². The van der Waals surface area contributed by atoms with Gasteiger partial charge in [-0.25, -0.2) is 13.8 Å². The summed E-state index contributed by atoms with van der Waals surface area (Å²) in [6, 6.07) is 17.4. The molecule has 0 spiro atoms. The zero-order chi connectivity index (χ0) is 40.7. The number of amidine groups is 1. The van der Waals surface area contributed by atoms with Crippen molar-refractivity contribution in [3.63, 3.8) is 0 Å². The second-order valence-electron chi connectivity index (χ2n) is 18.3. The van der Waals surface area contributed by atoms with Crippen molar-refractivity contribution in [2.45, 2.75) is 77.2 Å². The highest BCUT2D eigenvalue weighted by Gasteiger charge is 2.53. The van der Waals surface area contributed by atoms with Crippen molar-refractivity contribution in [1.82, 2.24) is 10.6 Å². The molecule has 10 rings (SSSR count). The Hall–Kier alpha value is -5.46. The lowest BCUT2D eigenvalue weighted by Crippen LogP contribution is -2.55. The number of benzene rings is 2. The summed E-state index contributed by atoms with van der Waals surface area (Å²) in [4.78, 5) is 10.9. The van der Waals surface area contributed by atoms with Crippen LogP contribution in [0.25, 0.3) is 16.7 Å². The molecule has 59 heavy (non-hydrogen) atoms. The molecule has 10 unspecified atom stereocenters. The van der Waals surface area contributed by atoms with E-state index >= 15 is 8.78 Å². The number of allylic oxidation sites excluding steroid dienone is 14. The van der Waals surface area contributed by atoms with Crippen LogP contribution in [0.4, 0.5) is 8.78 Å². The molecule has 0 saturated carbocycles. The van der Waals surface area contributed by atoms with Gasteiger partial charge >= 0.3 is 0 Å². The van der Waals surface area contributed by atoms with Crippen molar-refractivity contribution in [3.05, 3.63) is 184 Å². The first kappa shape index (κ1) is 37.8. The Morgan fingerprint density at radius 1 is 0.763 bits per heavy atom. The summed E-state index contributed by atoms with van der Waals surface area (Å²) in [6.07, 6.45) is 33.7. The first-order chi connectivity index (χ1) is 28.4. The molecule has 298 valence electrons. The van der Waals surface area contributed by atoms with Gasteiger partial charge in [-0.15, -0.1) is 0 Å². The third-order valence-electron chi connectivity index (χ3n) is 13.8. The van der Waals surface area contributed by atoms with Crippen molar-refractivity contribution in [2.75, 3.05) is 0 Å². The third-order valence-corrected chi connectivity index (χ3v) is 13.8. The second kappa shape index (κ2) is 14.1. The second-order valence-corrected chi connectivity index (χ2v) is 18.3. The molecule has 0 saturated heterocycles. The van der Waals surface area contributed by atoms with Gasteiger partial charge in [0.25, 0.3) is 0 Å². The predicted octanol–water partition coefficient (Wildman–Crippen LogP) is 9.76. The van der Waals surface area contributed by atoms with Crippen LogP contribution < -0.4 is 21.1 Å². The molecule has 6 heteroatoms. The maximum absolute atomic E-state index is 15.6. The summed E-state index contributed by atoms with van der Waals surface area (Å²) in [5.41, 5.74) is 6.39. The number of nitrogens with zero attached hydrogens (tertiary/aromatic N) is 2. The maximum atomic E-state index is 15.6. The zero-order valence-electron chi connectivity index (χ0n) is 34.5. The normalized spacial score (nSPS) is 36.5. The van der Waals surface area contributed by atoms with E-state index in [4.69, 9.17) is 9.98 Å². The third kappa shape index (κ3) is 6.42. The molecule has 0 fully saturated rings. The number of fused-ring (bicyclic) bond motifs is 6. The molecule has 0 radical (unpaired) electrons. The molecular weight excluding hydrogens is 731 g/mol. The fourth-order valence-electron chi connectivity index (χ4n) is 10.3. The molecule has 0 amide bonds. The van der Waals surface area contributed by atoms with Crippen LogP contribution >= 0.6 is 0 Å². The summed E-state index contributed by atoms with van der Waals surface area (Å²) < 4.78 is 30.8. The van der Waals surface area contributed by atoms with E-state index < -0.39 is 22.8 Å². The smallest absolute Gasteiger partial charge is 0.161 e. The Morgan fingerprint density at radius 3 is 2.24 bits per heavy atom. The first-order valence-electron chi connectivity index (χ1n) is 21.3. The van der Waals surface area contributed by atoms with Gasteiger partial charge in [0.2, 0.25) is 0 Å². The van der Waals surface area contributed by atoms with Crippen LogP contribution in [0.2, 0.25) is 0 Å². The van der Waals surface area contributed by atoms with Gasteiger partial charge in [-0.2, -0.15) is 0 Å². The number of hydrogen-bond acceptors (Lipinski definition) is 4. The van der Waals surface area contributed by atoms with Crippen molar-refractivity contribution >= 4 is 28.3 Å². The van der Waals surface area contributed by atoms with Gasteiger partial charge in [0.05, 0.1) is 11.3 Å². The molecule has 2 aliphatic heterocycles. The van der Waals surface area contributed by atoms with Crippen LogP contribution in [0.1, 0.15) is 64.8 Å². The quantitative estimate of drug-likeness (QED) is 0.318. The highest BCUT2D eigenvalue weighted by atomic mass is 19.2. The summed E-state index contributed by atoms with van der Waals surface area (Å²) >= 11 is 0. The van der Waals surface area contributed by atoms with Gasteiger partial charge in [-0.1, -0.05) is 148 Å². The van der Waals surface area contributed by atoms with E-state index in [0.29, 0.717) is 17.4 Å². The van der Waals surface area contributed by atoms with Crippen LogP contribution in [-0.4, -0.2) is 35.1 Å². The fourth-order valence-corrected chi connectivity index (χ4v) is 10.3. The molecule has 0 bridgehead atoms. The fraction of sp³-hybridized carbons (Fsp3) is 0.321. The standard InChI is InChI=1S/C53H52F2N4/c1-32-13-17-35(18-14-32)48-56-49(36-19-15-33(2)16-20-36)58-50(57-48)37-23-21-34(22-24-37)39-25-26-43-45-41-11-7-6-10-40(41)42-12-8-9-28-51(42,3)46(45)47(59-53(43,5)31-39)38-27-29-52(4,55)44(54)30-38/h6-13,15,17-33,43-44,46,48,50,57H,14,16H2,1-5H3,(H,56,58). The van der Waals surface area contributed by atoms with Crippen LogP contribution in [0.5, 0.6) is 0 Å². The molecule has 2 heterocycles. The lowest BCUT2D eigenvalue weighted by atomic mass is 9.55. The molecular formula is C53H52F2N4. The number of halogens is 2. The van der Waals surface area contributed by atoms with Crippen molar-refractivity contribution < 1.29 is 8.78 Å². The van der Waals surface area contributed by atoms with E-state index in [2.05, 4.69) is 166 Å². The van der Waals surface area contributed by atoms with Crippen molar-refractivity contribution in [3.8, 4) is 0 Å². The lowest BCUT2D eigenvalue weighted by molar-refractivity contribution is 0.144. The molecule has 2 aromatic carbocycles. The molecule has 4 nitrogen and oxygen atoms in total. The van der Waals surface area contributed by atoms with Crippen LogP contribution in [0.15, 0.2) is 172 Å². The minimum atomic E-state index is -2.07. The molecule has 10 atom stereocenters. The molecule has 0 aromatic heterocycles. The Morgan fingerprint density at radius 2 is 1.51 bits per heavy atom. The number of rotatable bonds is 5. The van der Waals surface area contributed by atoms with Crippen LogP contribution in [0, 0.1) is 29.1 Å². The maximum Gasteiger partial charge on any atom is 0.161 e. The van der Waals surface area contributed by atoms with E-state index in [9.17, 15) is 0 Å². The number of alkyl halides is 2. The van der Waals surface area contributed by atoms with Gasteiger partial charge < -0.3 is 5.32 Å². The van der Waals surface area contributed by atoms with Gasteiger partial charge in [-0.05, 0) is 106 Å².